The molecule has 4 rings (SSSR count). The fourth-order valence-electron chi connectivity index (χ4n) is 2.97. The minimum Gasteiger partial charge on any atom is -0.489 e. The van der Waals surface area contributed by atoms with Crippen LogP contribution in [0, 0.1) is 0 Å². The molecule has 1 amide bonds. The molecule has 0 spiro atoms. The summed E-state index contributed by atoms with van der Waals surface area (Å²) in [5.41, 5.74) is 2.06. The van der Waals surface area contributed by atoms with Crippen LogP contribution in [-0.2, 0) is 11.4 Å². The van der Waals surface area contributed by atoms with Crippen LogP contribution < -0.4 is 4.74 Å². The molecular formula is C22H17NO2S2. The number of hydrogen-bond acceptors (Lipinski definition) is 4. The molecule has 0 aliphatic carbocycles. The van der Waals surface area contributed by atoms with Crippen LogP contribution in [0.15, 0.2) is 71.6 Å². The smallest absolute Gasteiger partial charge is 0.265 e. The highest BCUT2D eigenvalue weighted by Gasteiger charge is 2.28. The highest BCUT2D eigenvalue weighted by atomic mass is 32.2. The van der Waals surface area contributed by atoms with E-state index in [-0.39, 0.29) is 5.91 Å². The number of fused-ring (bicyclic) bond motifs is 1. The third-order valence-corrected chi connectivity index (χ3v) is 5.90. The van der Waals surface area contributed by atoms with Gasteiger partial charge in [0.1, 0.15) is 16.7 Å². The molecule has 1 fully saturated rings. The quantitative estimate of drug-likeness (QED) is 0.449. The average Bonchev–Trinajstić information content (AvgIpc) is 2.93. The molecule has 27 heavy (non-hydrogen) atoms. The Bertz CT molecular complexity index is 1070. The number of ether oxygens (including phenoxy) is 1. The van der Waals surface area contributed by atoms with Gasteiger partial charge in [-0.05, 0) is 40.1 Å². The van der Waals surface area contributed by atoms with Crippen molar-refractivity contribution in [3.05, 3.63) is 82.8 Å². The molecule has 3 aromatic rings. The Balaban J connectivity index is 1.53. The summed E-state index contributed by atoms with van der Waals surface area (Å²) in [6.45, 7) is 0.488. The first-order chi connectivity index (χ1) is 13.1. The van der Waals surface area contributed by atoms with Crippen molar-refractivity contribution < 1.29 is 9.53 Å². The molecular weight excluding hydrogens is 374 g/mol. The van der Waals surface area contributed by atoms with Crippen LogP contribution in [0.1, 0.15) is 11.1 Å². The van der Waals surface area contributed by atoms with Crippen molar-refractivity contribution in [2.45, 2.75) is 6.61 Å². The lowest BCUT2D eigenvalue weighted by Gasteiger charge is -2.10. The highest BCUT2D eigenvalue weighted by Crippen LogP contribution is 2.32. The molecule has 3 nitrogen and oxygen atoms in total. The minimum absolute atomic E-state index is 0.0629. The van der Waals surface area contributed by atoms with Crippen molar-refractivity contribution in [1.82, 2.24) is 4.90 Å². The maximum atomic E-state index is 12.2. The Morgan fingerprint density at radius 2 is 1.85 bits per heavy atom. The van der Waals surface area contributed by atoms with E-state index in [1.807, 2.05) is 48.5 Å². The van der Waals surface area contributed by atoms with Gasteiger partial charge in [0.2, 0.25) is 0 Å². The molecule has 0 saturated carbocycles. The maximum absolute atomic E-state index is 12.2. The van der Waals surface area contributed by atoms with E-state index in [1.54, 1.807) is 7.05 Å². The van der Waals surface area contributed by atoms with Gasteiger partial charge in [-0.2, -0.15) is 0 Å². The second-order valence-electron chi connectivity index (χ2n) is 6.24. The zero-order chi connectivity index (χ0) is 18.8. The Morgan fingerprint density at radius 1 is 1.07 bits per heavy atom. The Labute approximate surface area is 167 Å². The number of benzene rings is 3. The third kappa shape index (κ3) is 3.75. The van der Waals surface area contributed by atoms with Crippen LogP contribution in [-0.4, -0.2) is 22.2 Å². The maximum Gasteiger partial charge on any atom is 0.265 e. The van der Waals surface area contributed by atoms with E-state index < -0.39 is 0 Å². The standard InChI is InChI=1S/C22H17NO2S2/c1-23-21(24)20(27-22(23)26)13-15-6-4-10-18(12-15)25-14-17-9-5-8-16-7-2-3-11-19(16)17/h2-13H,14H2,1H3. The number of carbonyl (C=O) groups excluding carboxylic acids is 1. The van der Waals surface area contributed by atoms with Crippen molar-refractivity contribution in [3.63, 3.8) is 0 Å². The lowest BCUT2D eigenvalue weighted by atomic mass is 10.1. The lowest BCUT2D eigenvalue weighted by molar-refractivity contribution is -0.121. The number of carbonyl (C=O) groups is 1. The van der Waals surface area contributed by atoms with E-state index >= 15 is 0 Å². The van der Waals surface area contributed by atoms with Gasteiger partial charge in [-0.3, -0.25) is 9.69 Å². The Kier molecular flexibility index (Phi) is 4.97. The van der Waals surface area contributed by atoms with E-state index in [0.29, 0.717) is 15.8 Å². The Morgan fingerprint density at radius 3 is 2.67 bits per heavy atom. The van der Waals surface area contributed by atoms with E-state index in [0.717, 1.165) is 16.9 Å². The normalized spacial score (nSPS) is 15.7. The average molecular weight is 392 g/mol. The molecule has 1 heterocycles. The van der Waals surface area contributed by atoms with Crippen LogP contribution in [0.4, 0.5) is 0 Å². The predicted molar refractivity (Wildman–Crippen MR) is 116 cm³/mol. The van der Waals surface area contributed by atoms with Crippen molar-refractivity contribution in [3.8, 4) is 5.75 Å². The number of thiocarbonyl (C=S) groups is 1. The van der Waals surface area contributed by atoms with Crippen molar-refractivity contribution in [2.24, 2.45) is 0 Å². The van der Waals surface area contributed by atoms with Gasteiger partial charge < -0.3 is 4.74 Å². The predicted octanol–water partition coefficient (Wildman–Crippen LogP) is 5.25. The summed E-state index contributed by atoms with van der Waals surface area (Å²) in [7, 11) is 1.70. The topological polar surface area (TPSA) is 29.5 Å². The molecule has 0 atom stereocenters. The van der Waals surface area contributed by atoms with Crippen LogP contribution in [0.3, 0.4) is 0 Å². The van der Waals surface area contributed by atoms with Gasteiger partial charge in [0.15, 0.2) is 0 Å². The molecule has 1 aliphatic heterocycles. The summed E-state index contributed by atoms with van der Waals surface area (Å²) >= 11 is 6.50. The molecule has 0 unspecified atom stereocenters. The first-order valence-corrected chi connectivity index (χ1v) is 9.75. The number of rotatable bonds is 4. The van der Waals surface area contributed by atoms with Gasteiger partial charge in [-0.1, -0.05) is 78.6 Å². The van der Waals surface area contributed by atoms with Gasteiger partial charge >= 0.3 is 0 Å². The number of amides is 1. The second kappa shape index (κ2) is 7.55. The van der Waals surface area contributed by atoms with Gasteiger partial charge in [0.25, 0.3) is 5.91 Å². The summed E-state index contributed by atoms with van der Waals surface area (Å²) < 4.78 is 6.60. The van der Waals surface area contributed by atoms with Gasteiger partial charge in [-0.15, -0.1) is 0 Å². The third-order valence-electron chi connectivity index (χ3n) is 4.42. The summed E-state index contributed by atoms with van der Waals surface area (Å²) in [4.78, 5) is 14.3. The van der Waals surface area contributed by atoms with E-state index in [4.69, 9.17) is 17.0 Å². The largest absolute Gasteiger partial charge is 0.489 e. The van der Waals surface area contributed by atoms with Crippen LogP contribution in [0.25, 0.3) is 16.8 Å². The number of hydrogen-bond donors (Lipinski definition) is 0. The fraction of sp³-hybridized carbons (Fsp3) is 0.0909. The second-order valence-corrected chi connectivity index (χ2v) is 7.92. The summed E-state index contributed by atoms with van der Waals surface area (Å²) in [6.07, 6.45) is 1.85. The van der Waals surface area contributed by atoms with Crippen molar-refractivity contribution in [2.75, 3.05) is 7.05 Å². The zero-order valence-electron chi connectivity index (χ0n) is 14.7. The van der Waals surface area contributed by atoms with Crippen LogP contribution >= 0.6 is 24.0 Å². The highest BCUT2D eigenvalue weighted by molar-refractivity contribution is 8.26. The van der Waals surface area contributed by atoms with Crippen LogP contribution in [0.5, 0.6) is 5.75 Å². The van der Waals surface area contributed by atoms with Gasteiger partial charge in [0.05, 0.1) is 4.91 Å². The first kappa shape index (κ1) is 17.8. The van der Waals surface area contributed by atoms with E-state index in [1.165, 1.54) is 27.4 Å². The summed E-state index contributed by atoms with van der Waals surface area (Å²) in [5.74, 6) is 0.704. The van der Waals surface area contributed by atoms with Crippen molar-refractivity contribution in [1.29, 1.82) is 0 Å². The molecule has 5 heteroatoms. The van der Waals surface area contributed by atoms with Gasteiger partial charge in [0, 0.05) is 7.05 Å². The minimum atomic E-state index is -0.0629. The number of likely N-dealkylation sites (N-methyl/N-ethyl adjacent to an activating group) is 1. The molecule has 0 bridgehead atoms. The van der Waals surface area contributed by atoms with Crippen LogP contribution in [0.2, 0.25) is 0 Å². The van der Waals surface area contributed by atoms with E-state index in [9.17, 15) is 4.79 Å². The lowest BCUT2D eigenvalue weighted by Crippen LogP contribution is -2.22. The number of nitrogens with zero attached hydrogens (tertiary/aromatic N) is 1. The fourth-order valence-corrected chi connectivity index (χ4v) is 4.15. The zero-order valence-corrected chi connectivity index (χ0v) is 16.3. The first-order valence-electron chi connectivity index (χ1n) is 8.53. The van der Waals surface area contributed by atoms with E-state index in [2.05, 4.69) is 24.3 Å². The molecule has 1 saturated heterocycles. The molecule has 0 radical (unpaired) electrons. The van der Waals surface area contributed by atoms with Gasteiger partial charge in [-0.25, -0.2) is 0 Å². The molecule has 0 N–H and O–H groups in total. The summed E-state index contributed by atoms with van der Waals surface area (Å²) in [5, 5.41) is 2.40. The molecule has 134 valence electrons. The number of thioether (sulfide) groups is 1. The Hall–Kier alpha value is -2.63. The van der Waals surface area contributed by atoms with Crippen molar-refractivity contribution >= 4 is 51.1 Å². The summed E-state index contributed by atoms with van der Waals surface area (Å²) in [6, 6.07) is 22.3. The SMILES string of the molecule is CN1C(=O)C(=Cc2cccc(OCc3cccc4ccccc34)c2)SC1=S. The molecule has 1 aliphatic rings. The molecule has 0 aromatic heterocycles. The molecule has 3 aromatic carbocycles. The monoisotopic (exact) mass is 391 g/mol.